The number of aryl methyl sites for hydroxylation is 1. The van der Waals surface area contributed by atoms with E-state index in [1.165, 1.54) is 35.6 Å². The normalized spacial score (nSPS) is 17.8. The minimum atomic E-state index is 0.770. The van der Waals surface area contributed by atoms with Crippen molar-refractivity contribution in [1.29, 1.82) is 0 Å². The van der Waals surface area contributed by atoms with Gasteiger partial charge in [-0.15, -0.1) is 11.3 Å². The Labute approximate surface area is 89.5 Å². The number of rotatable bonds is 4. The minimum Gasteiger partial charge on any atom is -0.330 e. The zero-order chi connectivity index (χ0) is 9.80. The summed E-state index contributed by atoms with van der Waals surface area (Å²) in [6.07, 6.45) is 9.74. The summed E-state index contributed by atoms with van der Waals surface area (Å²) in [6, 6.07) is 0. The smallest absolute Gasteiger partial charge is 0.0958 e. The first-order valence-electron chi connectivity index (χ1n) is 5.55. The van der Waals surface area contributed by atoms with Crippen molar-refractivity contribution in [2.24, 2.45) is 5.73 Å². The number of nitrogens with two attached hydrogens (primary N) is 1. The third-order valence-electron chi connectivity index (χ3n) is 2.90. The monoisotopic (exact) mass is 210 g/mol. The SMILES string of the molecule is NCCCc1cnc(C2CCCC2)s1. The molecule has 1 aliphatic carbocycles. The van der Waals surface area contributed by atoms with Gasteiger partial charge in [-0.2, -0.15) is 0 Å². The molecule has 0 amide bonds. The van der Waals surface area contributed by atoms with Gasteiger partial charge in [0.1, 0.15) is 0 Å². The molecular formula is C11H18N2S. The average molecular weight is 210 g/mol. The van der Waals surface area contributed by atoms with Crippen LogP contribution in [-0.2, 0) is 6.42 Å². The second-order valence-electron chi connectivity index (χ2n) is 4.04. The molecule has 14 heavy (non-hydrogen) atoms. The van der Waals surface area contributed by atoms with Crippen molar-refractivity contribution in [2.45, 2.75) is 44.4 Å². The van der Waals surface area contributed by atoms with Gasteiger partial charge >= 0.3 is 0 Å². The highest BCUT2D eigenvalue weighted by Gasteiger charge is 2.19. The second-order valence-corrected chi connectivity index (χ2v) is 5.19. The van der Waals surface area contributed by atoms with Crippen LogP contribution < -0.4 is 5.73 Å². The van der Waals surface area contributed by atoms with Crippen LogP contribution in [0.4, 0.5) is 0 Å². The molecule has 0 aromatic carbocycles. The van der Waals surface area contributed by atoms with Crippen molar-refractivity contribution in [2.75, 3.05) is 6.54 Å². The van der Waals surface area contributed by atoms with Crippen molar-refractivity contribution in [3.63, 3.8) is 0 Å². The Kier molecular flexibility index (Phi) is 3.54. The van der Waals surface area contributed by atoms with Crippen LogP contribution in [0, 0.1) is 0 Å². The molecule has 2 rings (SSSR count). The van der Waals surface area contributed by atoms with Gasteiger partial charge in [0.05, 0.1) is 5.01 Å². The van der Waals surface area contributed by atoms with Gasteiger partial charge in [0.2, 0.25) is 0 Å². The molecule has 2 N–H and O–H groups in total. The van der Waals surface area contributed by atoms with Crippen molar-refractivity contribution >= 4 is 11.3 Å². The summed E-state index contributed by atoms with van der Waals surface area (Å²) in [6.45, 7) is 0.788. The Hall–Kier alpha value is -0.410. The van der Waals surface area contributed by atoms with Gasteiger partial charge in [0.25, 0.3) is 0 Å². The molecule has 1 aromatic rings. The van der Waals surface area contributed by atoms with Crippen molar-refractivity contribution < 1.29 is 0 Å². The van der Waals surface area contributed by atoms with Crippen LogP contribution in [0.25, 0.3) is 0 Å². The molecule has 2 nitrogen and oxygen atoms in total. The van der Waals surface area contributed by atoms with E-state index in [0.29, 0.717) is 0 Å². The highest BCUT2D eigenvalue weighted by molar-refractivity contribution is 7.11. The summed E-state index contributed by atoms with van der Waals surface area (Å²) in [7, 11) is 0. The van der Waals surface area contributed by atoms with E-state index in [2.05, 4.69) is 4.98 Å². The number of nitrogens with zero attached hydrogens (tertiary/aromatic N) is 1. The Morgan fingerprint density at radius 2 is 2.21 bits per heavy atom. The molecule has 1 aromatic heterocycles. The molecule has 0 bridgehead atoms. The lowest BCUT2D eigenvalue weighted by atomic mass is 10.1. The van der Waals surface area contributed by atoms with Gasteiger partial charge in [-0.1, -0.05) is 12.8 Å². The summed E-state index contributed by atoms with van der Waals surface area (Å²) < 4.78 is 0. The predicted octanol–water partition coefficient (Wildman–Crippen LogP) is 2.69. The van der Waals surface area contributed by atoms with Gasteiger partial charge in [-0.05, 0) is 32.2 Å². The topological polar surface area (TPSA) is 38.9 Å². The van der Waals surface area contributed by atoms with E-state index >= 15 is 0 Å². The van der Waals surface area contributed by atoms with Gasteiger partial charge in [-0.25, -0.2) is 4.98 Å². The largest absolute Gasteiger partial charge is 0.330 e. The zero-order valence-corrected chi connectivity index (χ0v) is 9.35. The van der Waals surface area contributed by atoms with Crippen LogP contribution in [0.5, 0.6) is 0 Å². The van der Waals surface area contributed by atoms with Gasteiger partial charge < -0.3 is 5.73 Å². The molecule has 0 spiro atoms. The summed E-state index contributed by atoms with van der Waals surface area (Å²) in [5.41, 5.74) is 5.49. The molecule has 1 saturated carbocycles. The molecule has 0 aliphatic heterocycles. The molecule has 0 radical (unpaired) electrons. The van der Waals surface area contributed by atoms with Crippen LogP contribution in [0.2, 0.25) is 0 Å². The van der Waals surface area contributed by atoms with Crippen LogP contribution in [0.3, 0.4) is 0 Å². The van der Waals surface area contributed by atoms with Crippen LogP contribution in [0.1, 0.15) is 47.9 Å². The van der Waals surface area contributed by atoms with Crippen LogP contribution in [-0.4, -0.2) is 11.5 Å². The van der Waals surface area contributed by atoms with Gasteiger partial charge in [-0.3, -0.25) is 0 Å². The average Bonchev–Trinajstić information content (AvgIpc) is 2.85. The molecule has 0 atom stereocenters. The highest BCUT2D eigenvalue weighted by atomic mass is 32.1. The first kappa shape index (κ1) is 10.1. The molecule has 3 heteroatoms. The Bertz CT molecular complexity index is 277. The number of aromatic nitrogens is 1. The minimum absolute atomic E-state index is 0.770. The van der Waals surface area contributed by atoms with E-state index in [0.717, 1.165) is 25.3 Å². The van der Waals surface area contributed by atoms with E-state index in [9.17, 15) is 0 Å². The molecule has 1 heterocycles. The maximum absolute atomic E-state index is 5.49. The van der Waals surface area contributed by atoms with Gasteiger partial charge in [0.15, 0.2) is 0 Å². The maximum atomic E-state index is 5.49. The lowest BCUT2D eigenvalue weighted by Crippen LogP contribution is -1.99. The molecule has 78 valence electrons. The zero-order valence-electron chi connectivity index (χ0n) is 8.54. The quantitative estimate of drug-likeness (QED) is 0.830. The molecule has 0 saturated heterocycles. The molecule has 0 unspecified atom stereocenters. The lowest BCUT2D eigenvalue weighted by molar-refractivity contribution is 0.716. The van der Waals surface area contributed by atoms with Crippen molar-refractivity contribution in [3.8, 4) is 0 Å². The van der Waals surface area contributed by atoms with Crippen molar-refractivity contribution in [3.05, 3.63) is 16.1 Å². The third kappa shape index (κ3) is 2.34. The van der Waals surface area contributed by atoms with Crippen LogP contribution >= 0.6 is 11.3 Å². The Balaban J connectivity index is 1.94. The summed E-state index contributed by atoms with van der Waals surface area (Å²) in [4.78, 5) is 5.94. The van der Waals surface area contributed by atoms with E-state index in [1.807, 2.05) is 17.5 Å². The fraction of sp³-hybridized carbons (Fsp3) is 0.727. The number of hydrogen-bond donors (Lipinski definition) is 1. The Morgan fingerprint density at radius 1 is 1.43 bits per heavy atom. The van der Waals surface area contributed by atoms with E-state index in [4.69, 9.17) is 5.73 Å². The summed E-state index contributed by atoms with van der Waals surface area (Å²) >= 11 is 1.90. The van der Waals surface area contributed by atoms with Gasteiger partial charge in [0, 0.05) is 17.0 Å². The van der Waals surface area contributed by atoms with Crippen molar-refractivity contribution in [1.82, 2.24) is 4.98 Å². The third-order valence-corrected chi connectivity index (χ3v) is 4.12. The van der Waals surface area contributed by atoms with E-state index in [-0.39, 0.29) is 0 Å². The standard InChI is InChI=1S/C11H18N2S/c12-7-3-6-10-8-13-11(14-10)9-4-1-2-5-9/h8-9H,1-7,12H2. The summed E-state index contributed by atoms with van der Waals surface area (Å²) in [5, 5.41) is 1.37. The van der Waals surface area contributed by atoms with E-state index in [1.54, 1.807) is 0 Å². The fourth-order valence-electron chi connectivity index (χ4n) is 2.08. The summed E-state index contributed by atoms with van der Waals surface area (Å²) in [5.74, 6) is 0.770. The molecular weight excluding hydrogens is 192 g/mol. The molecule has 1 aliphatic rings. The fourth-order valence-corrected chi connectivity index (χ4v) is 3.20. The second kappa shape index (κ2) is 4.89. The van der Waals surface area contributed by atoms with E-state index < -0.39 is 0 Å². The highest BCUT2D eigenvalue weighted by Crippen LogP contribution is 2.36. The first-order valence-corrected chi connectivity index (χ1v) is 6.36. The lowest BCUT2D eigenvalue weighted by Gasteiger charge is -2.02. The maximum Gasteiger partial charge on any atom is 0.0958 e. The number of thiazole rings is 1. The Morgan fingerprint density at radius 3 is 2.93 bits per heavy atom. The number of hydrogen-bond acceptors (Lipinski definition) is 3. The molecule has 1 fully saturated rings. The first-order chi connectivity index (χ1) is 6.90. The van der Waals surface area contributed by atoms with Crippen LogP contribution in [0.15, 0.2) is 6.20 Å². The predicted molar refractivity (Wildman–Crippen MR) is 60.7 cm³/mol.